The van der Waals surface area contributed by atoms with Crippen LogP contribution in [0.2, 0.25) is 0 Å². The molecule has 24 heavy (non-hydrogen) atoms. The molecule has 0 fully saturated rings. The van der Waals surface area contributed by atoms with Gasteiger partial charge in [0.15, 0.2) is 5.16 Å². The molecule has 0 unspecified atom stereocenters. The SMILES string of the molecule is O=C(Nc1cccc(-c2cn3c(n2)SCC3)c1)c1ccc(=O)[nH]c1. The molecule has 2 N–H and O–H groups in total. The summed E-state index contributed by atoms with van der Waals surface area (Å²) in [5.74, 6) is 0.795. The first-order valence-corrected chi connectivity index (χ1v) is 8.48. The number of carbonyl (C=O) groups is 1. The second-order valence-electron chi connectivity index (χ2n) is 5.43. The van der Waals surface area contributed by atoms with Gasteiger partial charge in [0, 0.05) is 42.0 Å². The zero-order valence-corrected chi connectivity index (χ0v) is 13.5. The fourth-order valence-electron chi connectivity index (χ4n) is 2.56. The second kappa shape index (κ2) is 6.01. The van der Waals surface area contributed by atoms with E-state index < -0.39 is 0 Å². The van der Waals surface area contributed by atoms with E-state index >= 15 is 0 Å². The number of hydrogen-bond acceptors (Lipinski definition) is 4. The molecular weight excluding hydrogens is 324 g/mol. The van der Waals surface area contributed by atoms with Crippen molar-refractivity contribution in [2.24, 2.45) is 0 Å². The van der Waals surface area contributed by atoms with Gasteiger partial charge in [0.1, 0.15) is 0 Å². The third-order valence-corrected chi connectivity index (χ3v) is 4.74. The maximum absolute atomic E-state index is 12.2. The largest absolute Gasteiger partial charge is 0.328 e. The molecule has 0 atom stereocenters. The molecule has 7 heteroatoms. The summed E-state index contributed by atoms with van der Waals surface area (Å²) >= 11 is 1.75. The lowest BCUT2D eigenvalue weighted by Gasteiger charge is -2.06. The molecule has 0 aliphatic carbocycles. The lowest BCUT2D eigenvalue weighted by molar-refractivity contribution is 0.102. The standard InChI is InChI=1S/C17H14N4O2S/c22-15-5-4-12(9-18-15)16(23)19-13-3-1-2-11(8-13)14-10-21-6-7-24-17(21)20-14/h1-5,8-10H,6-7H2,(H,18,22)(H,19,23). The summed E-state index contributed by atoms with van der Waals surface area (Å²) in [6.45, 7) is 0.982. The fourth-order valence-corrected chi connectivity index (χ4v) is 3.50. The second-order valence-corrected chi connectivity index (χ2v) is 6.49. The lowest BCUT2D eigenvalue weighted by Crippen LogP contribution is -2.14. The minimum Gasteiger partial charge on any atom is -0.328 e. The minimum atomic E-state index is -0.272. The van der Waals surface area contributed by atoms with Crippen molar-refractivity contribution >= 4 is 23.4 Å². The Kier molecular flexibility index (Phi) is 3.70. The highest BCUT2D eigenvalue weighted by Crippen LogP contribution is 2.29. The van der Waals surface area contributed by atoms with Gasteiger partial charge >= 0.3 is 0 Å². The van der Waals surface area contributed by atoms with Crippen LogP contribution in [-0.4, -0.2) is 26.2 Å². The summed E-state index contributed by atoms with van der Waals surface area (Å²) in [5.41, 5.74) is 2.70. The molecule has 0 saturated carbocycles. The minimum absolute atomic E-state index is 0.237. The summed E-state index contributed by atoms with van der Waals surface area (Å²) in [7, 11) is 0. The fraction of sp³-hybridized carbons (Fsp3) is 0.118. The van der Waals surface area contributed by atoms with Crippen LogP contribution in [0.4, 0.5) is 5.69 Å². The van der Waals surface area contributed by atoms with Gasteiger partial charge in [-0.1, -0.05) is 23.9 Å². The molecule has 1 aliphatic rings. The van der Waals surface area contributed by atoms with Crippen LogP contribution in [-0.2, 0) is 6.54 Å². The zero-order valence-electron chi connectivity index (χ0n) is 12.7. The first kappa shape index (κ1) is 14.8. The molecule has 1 amide bonds. The van der Waals surface area contributed by atoms with Crippen molar-refractivity contribution in [2.45, 2.75) is 11.7 Å². The van der Waals surface area contributed by atoms with Crippen LogP contribution in [0, 0.1) is 0 Å². The average Bonchev–Trinajstić information content (AvgIpc) is 3.17. The van der Waals surface area contributed by atoms with Crippen LogP contribution < -0.4 is 10.9 Å². The van der Waals surface area contributed by atoms with E-state index in [-0.39, 0.29) is 11.5 Å². The van der Waals surface area contributed by atoms with E-state index in [4.69, 9.17) is 0 Å². The highest BCUT2D eigenvalue weighted by atomic mass is 32.2. The summed E-state index contributed by atoms with van der Waals surface area (Å²) < 4.78 is 2.14. The van der Waals surface area contributed by atoms with E-state index in [1.165, 1.54) is 18.3 Å². The maximum Gasteiger partial charge on any atom is 0.257 e. The molecule has 1 aliphatic heterocycles. The number of nitrogens with zero attached hydrogens (tertiary/aromatic N) is 2. The number of thioether (sulfide) groups is 1. The quantitative estimate of drug-likeness (QED) is 0.769. The Bertz CT molecular complexity index is 935. The number of nitrogens with one attached hydrogen (secondary N) is 2. The predicted molar refractivity (Wildman–Crippen MR) is 93.4 cm³/mol. The van der Waals surface area contributed by atoms with Crippen LogP contribution in [0.1, 0.15) is 10.4 Å². The number of aromatic nitrogens is 3. The molecule has 0 spiro atoms. The molecule has 3 heterocycles. The van der Waals surface area contributed by atoms with Gasteiger partial charge in [0.05, 0.1) is 11.3 Å². The van der Waals surface area contributed by atoms with Crippen LogP contribution in [0.5, 0.6) is 0 Å². The Labute approximate surface area is 141 Å². The number of fused-ring (bicyclic) bond motifs is 1. The normalized spacial score (nSPS) is 12.8. The Morgan fingerprint density at radius 1 is 1.29 bits per heavy atom. The summed E-state index contributed by atoms with van der Waals surface area (Å²) in [6.07, 6.45) is 3.44. The zero-order chi connectivity index (χ0) is 16.5. The number of aryl methyl sites for hydroxylation is 1. The van der Waals surface area contributed by atoms with Gasteiger partial charge < -0.3 is 14.9 Å². The van der Waals surface area contributed by atoms with Crippen molar-refractivity contribution in [1.29, 1.82) is 0 Å². The van der Waals surface area contributed by atoms with Gasteiger partial charge in [-0.3, -0.25) is 9.59 Å². The van der Waals surface area contributed by atoms with Gasteiger partial charge in [-0.2, -0.15) is 0 Å². The predicted octanol–water partition coefficient (Wildman–Crippen LogP) is 2.60. The Balaban J connectivity index is 1.57. The summed E-state index contributed by atoms with van der Waals surface area (Å²) in [6, 6.07) is 10.4. The molecule has 6 nitrogen and oxygen atoms in total. The number of imidazole rings is 1. The molecule has 0 saturated heterocycles. The van der Waals surface area contributed by atoms with Gasteiger partial charge in [-0.05, 0) is 18.2 Å². The first-order valence-electron chi connectivity index (χ1n) is 7.49. The lowest BCUT2D eigenvalue weighted by atomic mass is 10.1. The van der Waals surface area contributed by atoms with Crippen molar-refractivity contribution in [2.75, 3.05) is 11.1 Å². The highest BCUT2D eigenvalue weighted by molar-refractivity contribution is 7.99. The number of benzene rings is 1. The molecule has 4 rings (SSSR count). The van der Waals surface area contributed by atoms with E-state index in [1.54, 1.807) is 11.8 Å². The van der Waals surface area contributed by atoms with E-state index in [2.05, 4.69) is 19.9 Å². The molecule has 1 aromatic carbocycles. The van der Waals surface area contributed by atoms with Gasteiger partial charge in [0.2, 0.25) is 5.56 Å². The number of rotatable bonds is 3. The van der Waals surface area contributed by atoms with Crippen LogP contribution in [0.3, 0.4) is 0 Å². The number of anilines is 1. The van der Waals surface area contributed by atoms with Gasteiger partial charge in [-0.15, -0.1) is 0 Å². The third-order valence-electron chi connectivity index (χ3n) is 3.77. The molecule has 3 aromatic rings. The molecule has 0 radical (unpaired) electrons. The van der Waals surface area contributed by atoms with Crippen molar-refractivity contribution < 1.29 is 4.79 Å². The average molecular weight is 338 g/mol. The Morgan fingerprint density at radius 3 is 3.00 bits per heavy atom. The number of pyridine rings is 1. The summed E-state index contributed by atoms with van der Waals surface area (Å²) in [5, 5.41) is 3.87. The number of amides is 1. The Morgan fingerprint density at radius 2 is 2.21 bits per heavy atom. The number of aromatic amines is 1. The Hall–Kier alpha value is -2.80. The third kappa shape index (κ3) is 2.85. The molecule has 0 bridgehead atoms. The highest BCUT2D eigenvalue weighted by Gasteiger charge is 2.15. The maximum atomic E-state index is 12.2. The van der Waals surface area contributed by atoms with Crippen LogP contribution in [0.25, 0.3) is 11.3 Å². The van der Waals surface area contributed by atoms with Gasteiger partial charge in [0.25, 0.3) is 5.91 Å². The molecular formula is C17H14N4O2S. The van der Waals surface area contributed by atoms with E-state index in [0.29, 0.717) is 11.3 Å². The smallest absolute Gasteiger partial charge is 0.257 e. The first-order chi connectivity index (χ1) is 11.7. The van der Waals surface area contributed by atoms with Crippen LogP contribution >= 0.6 is 11.8 Å². The molecule has 120 valence electrons. The number of carbonyl (C=O) groups excluding carboxylic acids is 1. The monoisotopic (exact) mass is 338 g/mol. The van der Waals surface area contributed by atoms with Crippen molar-refractivity contribution in [1.82, 2.24) is 14.5 Å². The van der Waals surface area contributed by atoms with E-state index in [1.807, 2.05) is 30.5 Å². The van der Waals surface area contributed by atoms with Crippen molar-refractivity contribution in [3.05, 3.63) is 64.7 Å². The van der Waals surface area contributed by atoms with Crippen molar-refractivity contribution in [3.8, 4) is 11.3 Å². The van der Waals surface area contributed by atoms with Gasteiger partial charge in [-0.25, -0.2) is 4.98 Å². The molecule has 2 aromatic heterocycles. The van der Waals surface area contributed by atoms with E-state index in [9.17, 15) is 9.59 Å². The van der Waals surface area contributed by atoms with Crippen LogP contribution in [0.15, 0.2) is 58.7 Å². The summed E-state index contributed by atoms with van der Waals surface area (Å²) in [4.78, 5) is 30.4. The van der Waals surface area contributed by atoms with Crippen molar-refractivity contribution in [3.63, 3.8) is 0 Å². The number of H-pyrrole nitrogens is 1. The number of hydrogen-bond donors (Lipinski definition) is 2. The topological polar surface area (TPSA) is 79.8 Å². The van der Waals surface area contributed by atoms with E-state index in [0.717, 1.165) is 28.7 Å².